The molecule has 0 radical (unpaired) electrons. The first-order valence-corrected chi connectivity index (χ1v) is 11.0. The van der Waals surface area contributed by atoms with Crippen molar-refractivity contribution in [3.05, 3.63) is 90.5 Å². The zero-order chi connectivity index (χ0) is 21.9. The average molecular weight is 424 g/mol. The van der Waals surface area contributed by atoms with E-state index in [1.807, 2.05) is 66.7 Å². The van der Waals surface area contributed by atoms with Crippen LogP contribution in [0.15, 0.2) is 84.9 Å². The fourth-order valence-corrected chi connectivity index (χ4v) is 4.40. The van der Waals surface area contributed by atoms with Crippen molar-refractivity contribution in [3.63, 3.8) is 0 Å². The van der Waals surface area contributed by atoms with Gasteiger partial charge in [0.25, 0.3) is 0 Å². The van der Waals surface area contributed by atoms with E-state index in [9.17, 15) is 9.59 Å². The summed E-state index contributed by atoms with van der Waals surface area (Å²) in [5.74, 6) is -0.120. The molecule has 2 amide bonds. The number of nitrogens with one attached hydrogen (secondary N) is 2. The third-order valence-corrected chi connectivity index (χ3v) is 6.07. The van der Waals surface area contributed by atoms with Crippen molar-refractivity contribution < 1.29 is 9.59 Å². The minimum Gasteiger partial charge on any atom is -0.355 e. The summed E-state index contributed by atoms with van der Waals surface area (Å²) in [7, 11) is 0. The Morgan fingerprint density at radius 2 is 1.69 bits per heavy atom. The largest absolute Gasteiger partial charge is 0.355 e. The number of carbonyl (C=O) groups excluding carboxylic acids is 2. The number of hydrogen-bond donors (Lipinski definition) is 2. The SMILES string of the molecule is O=C(Nc1ccc(-c2cc3ccccc3[nH]2)cc1)[C@@H]1CCCN1C(=O)Cc1ccccc1. The minimum atomic E-state index is -0.417. The van der Waals surface area contributed by atoms with Crippen LogP contribution in [0.4, 0.5) is 5.69 Å². The Morgan fingerprint density at radius 1 is 0.938 bits per heavy atom. The average Bonchev–Trinajstić information content (AvgIpc) is 3.48. The normalized spacial score (nSPS) is 15.8. The molecule has 1 aliphatic heterocycles. The van der Waals surface area contributed by atoms with Gasteiger partial charge < -0.3 is 15.2 Å². The van der Waals surface area contributed by atoms with Crippen LogP contribution >= 0.6 is 0 Å². The van der Waals surface area contributed by atoms with Gasteiger partial charge in [-0.05, 0) is 48.2 Å². The van der Waals surface area contributed by atoms with Crippen molar-refractivity contribution in [1.29, 1.82) is 0 Å². The maximum Gasteiger partial charge on any atom is 0.247 e. The first-order chi connectivity index (χ1) is 15.7. The lowest BCUT2D eigenvalue weighted by Crippen LogP contribution is -2.43. The summed E-state index contributed by atoms with van der Waals surface area (Å²) in [6.45, 7) is 0.628. The molecule has 0 saturated carbocycles. The number of benzene rings is 3. The van der Waals surface area contributed by atoms with Gasteiger partial charge in [-0.2, -0.15) is 0 Å². The van der Waals surface area contributed by atoms with Crippen molar-refractivity contribution in [1.82, 2.24) is 9.88 Å². The lowest BCUT2D eigenvalue weighted by Gasteiger charge is -2.24. The summed E-state index contributed by atoms with van der Waals surface area (Å²) in [6, 6.07) is 27.3. The fourth-order valence-electron chi connectivity index (χ4n) is 4.40. The van der Waals surface area contributed by atoms with E-state index < -0.39 is 6.04 Å². The highest BCUT2D eigenvalue weighted by atomic mass is 16.2. The summed E-state index contributed by atoms with van der Waals surface area (Å²) in [4.78, 5) is 30.9. The van der Waals surface area contributed by atoms with Gasteiger partial charge in [0.1, 0.15) is 6.04 Å². The van der Waals surface area contributed by atoms with E-state index in [1.165, 1.54) is 5.39 Å². The first kappa shape index (κ1) is 20.1. The molecule has 2 heterocycles. The number of fused-ring (bicyclic) bond motifs is 1. The number of nitrogens with zero attached hydrogens (tertiary/aromatic N) is 1. The van der Waals surface area contributed by atoms with Gasteiger partial charge in [-0.1, -0.05) is 60.7 Å². The first-order valence-electron chi connectivity index (χ1n) is 11.0. The number of aromatic amines is 1. The van der Waals surface area contributed by atoms with Gasteiger partial charge in [-0.3, -0.25) is 9.59 Å². The Hall–Kier alpha value is -3.86. The van der Waals surface area contributed by atoms with Gasteiger partial charge in [0.05, 0.1) is 6.42 Å². The summed E-state index contributed by atoms with van der Waals surface area (Å²) < 4.78 is 0. The number of carbonyl (C=O) groups is 2. The maximum absolute atomic E-state index is 12.9. The van der Waals surface area contributed by atoms with Crippen molar-refractivity contribution >= 4 is 28.4 Å². The van der Waals surface area contributed by atoms with Crippen LogP contribution in [0.1, 0.15) is 18.4 Å². The molecule has 0 aliphatic carbocycles. The Bertz CT molecular complexity index is 1210. The van der Waals surface area contributed by atoms with Crippen LogP contribution in [-0.2, 0) is 16.0 Å². The molecule has 3 aromatic carbocycles. The third-order valence-electron chi connectivity index (χ3n) is 6.07. The zero-order valence-electron chi connectivity index (χ0n) is 17.8. The Morgan fingerprint density at radius 3 is 2.47 bits per heavy atom. The fraction of sp³-hybridized carbons (Fsp3) is 0.185. The van der Waals surface area contributed by atoms with E-state index in [1.54, 1.807) is 4.90 Å². The summed E-state index contributed by atoms with van der Waals surface area (Å²) in [6.07, 6.45) is 1.86. The molecule has 5 rings (SSSR count). The van der Waals surface area contributed by atoms with Gasteiger partial charge in [0.2, 0.25) is 11.8 Å². The Kier molecular flexibility index (Phi) is 5.46. The van der Waals surface area contributed by atoms with Crippen molar-refractivity contribution in [3.8, 4) is 11.3 Å². The molecule has 0 bridgehead atoms. The second kappa shape index (κ2) is 8.71. The summed E-state index contributed by atoms with van der Waals surface area (Å²) in [5.41, 5.74) is 4.90. The van der Waals surface area contributed by atoms with E-state index in [0.717, 1.165) is 34.4 Å². The molecule has 2 N–H and O–H groups in total. The monoisotopic (exact) mass is 423 g/mol. The topological polar surface area (TPSA) is 65.2 Å². The lowest BCUT2D eigenvalue weighted by atomic mass is 10.1. The predicted octanol–water partition coefficient (Wildman–Crippen LogP) is 5.01. The van der Waals surface area contributed by atoms with Gasteiger partial charge in [0, 0.05) is 28.8 Å². The highest BCUT2D eigenvalue weighted by Crippen LogP contribution is 2.26. The van der Waals surface area contributed by atoms with Crippen molar-refractivity contribution in [2.45, 2.75) is 25.3 Å². The molecule has 160 valence electrons. The molecular weight excluding hydrogens is 398 g/mol. The van der Waals surface area contributed by atoms with Gasteiger partial charge in [-0.25, -0.2) is 0 Å². The van der Waals surface area contributed by atoms with Crippen LogP contribution in [0.5, 0.6) is 0 Å². The second-order valence-corrected chi connectivity index (χ2v) is 8.24. The zero-order valence-corrected chi connectivity index (χ0v) is 17.8. The molecule has 4 aromatic rings. The number of hydrogen-bond acceptors (Lipinski definition) is 2. The van der Waals surface area contributed by atoms with Crippen molar-refractivity contribution in [2.75, 3.05) is 11.9 Å². The molecule has 1 atom stereocenters. The molecule has 0 spiro atoms. The standard InChI is InChI=1S/C27H25N3O2/c31-26(17-19-7-2-1-3-8-19)30-16-6-11-25(30)27(32)28-22-14-12-20(13-15-22)24-18-21-9-4-5-10-23(21)29-24/h1-5,7-10,12-15,18,25,29H,6,11,16-17H2,(H,28,32)/t25-/m0/s1. The van der Waals surface area contributed by atoms with Gasteiger partial charge in [0.15, 0.2) is 0 Å². The third kappa shape index (κ3) is 4.14. The highest BCUT2D eigenvalue weighted by Gasteiger charge is 2.33. The lowest BCUT2D eigenvalue weighted by molar-refractivity contribution is -0.136. The van der Waals surface area contributed by atoms with Crippen LogP contribution in [0, 0.1) is 0 Å². The van der Waals surface area contributed by atoms with Crippen LogP contribution in [-0.4, -0.2) is 34.3 Å². The highest BCUT2D eigenvalue weighted by molar-refractivity contribution is 5.98. The molecule has 0 unspecified atom stereocenters. The number of rotatable bonds is 5. The molecular formula is C27H25N3O2. The quantitative estimate of drug-likeness (QED) is 0.474. The number of H-pyrrole nitrogens is 1. The molecule has 1 aliphatic rings. The molecule has 1 saturated heterocycles. The molecule has 5 heteroatoms. The van der Waals surface area contributed by atoms with Gasteiger partial charge in [-0.15, -0.1) is 0 Å². The van der Waals surface area contributed by atoms with E-state index in [-0.39, 0.29) is 11.8 Å². The van der Waals surface area contributed by atoms with E-state index >= 15 is 0 Å². The van der Waals surface area contributed by atoms with E-state index in [0.29, 0.717) is 19.4 Å². The maximum atomic E-state index is 12.9. The van der Waals surface area contributed by atoms with Crippen molar-refractivity contribution in [2.24, 2.45) is 0 Å². The van der Waals surface area contributed by atoms with E-state index in [4.69, 9.17) is 0 Å². The van der Waals surface area contributed by atoms with E-state index in [2.05, 4.69) is 28.5 Å². The number of likely N-dealkylation sites (tertiary alicyclic amines) is 1. The second-order valence-electron chi connectivity index (χ2n) is 8.24. The number of para-hydroxylation sites is 1. The molecule has 1 aromatic heterocycles. The number of aromatic nitrogens is 1. The number of anilines is 1. The van der Waals surface area contributed by atoms with Crippen LogP contribution in [0.25, 0.3) is 22.2 Å². The smallest absolute Gasteiger partial charge is 0.247 e. The Balaban J connectivity index is 1.25. The predicted molar refractivity (Wildman–Crippen MR) is 127 cm³/mol. The molecule has 1 fully saturated rings. The Labute approximate surface area is 187 Å². The summed E-state index contributed by atoms with van der Waals surface area (Å²) >= 11 is 0. The molecule has 32 heavy (non-hydrogen) atoms. The van der Waals surface area contributed by atoms with Crippen LogP contribution < -0.4 is 5.32 Å². The summed E-state index contributed by atoms with van der Waals surface area (Å²) in [5, 5.41) is 4.16. The number of amides is 2. The molecule has 5 nitrogen and oxygen atoms in total. The minimum absolute atomic E-state index is 0.00279. The van der Waals surface area contributed by atoms with Gasteiger partial charge >= 0.3 is 0 Å². The van der Waals surface area contributed by atoms with Crippen LogP contribution in [0.2, 0.25) is 0 Å². The van der Waals surface area contributed by atoms with Crippen LogP contribution in [0.3, 0.4) is 0 Å².